The van der Waals surface area contributed by atoms with E-state index in [2.05, 4.69) is 10.6 Å². The minimum Gasteiger partial charge on any atom is -0.465 e. The quantitative estimate of drug-likeness (QED) is 0.00571. The number of hydrogen-bond acceptors (Lipinski definition) is 18. The van der Waals surface area contributed by atoms with Gasteiger partial charge in [-0.1, -0.05) is 78.9 Å². The van der Waals surface area contributed by atoms with Crippen molar-refractivity contribution in [2.24, 2.45) is 0 Å². The molecular weight excluding hydrogens is 1380 g/mol. The van der Waals surface area contributed by atoms with Crippen LogP contribution in [0.4, 0.5) is 11.4 Å². The number of allylic oxidation sites excluding steroid dienone is 6. The van der Waals surface area contributed by atoms with Gasteiger partial charge in [-0.15, -0.1) is 0 Å². The Morgan fingerprint density at radius 2 is 1.12 bits per heavy atom. The first kappa shape index (κ1) is 79.4. The molecule has 7 rings (SSSR count). The zero-order valence-electron chi connectivity index (χ0n) is 55.8. The van der Waals surface area contributed by atoms with E-state index in [0.29, 0.717) is 116 Å². The summed E-state index contributed by atoms with van der Waals surface area (Å²) in [4.78, 5) is 41.1. The molecule has 5 aromatic rings. The van der Waals surface area contributed by atoms with E-state index in [4.69, 9.17) is 28.4 Å². The van der Waals surface area contributed by atoms with Crippen LogP contribution in [-0.2, 0) is 84.5 Å². The van der Waals surface area contributed by atoms with Crippen LogP contribution in [0.3, 0.4) is 0 Å². The second-order valence-electron chi connectivity index (χ2n) is 23.8. The van der Waals surface area contributed by atoms with Gasteiger partial charge in [-0.2, -0.15) is 38.2 Å². The van der Waals surface area contributed by atoms with Crippen molar-refractivity contribution >= 4 is 99.2 Å². The van der Waals surface area contributed by atoms with Crippen LogP contribution in [0.15, 0.2) is 161 Å². The summed E-state index contributed by atoms with van der Waals surface area (Å²) in [6.45, 7) is 7.34. The van der Waals surface area contributed by atoms with Crippen molar-refractivity contribution in [1.29, 1.82) is 0 Å². The van der Waals surface area contributed by atoms with Gasteiger partial charge in [0.1, 0.15) is 6.54 Å². The fraction of sp³-hybridized carbons (Fsp3) is 0.420. The van der Waals surface area contributed by atoms with E-state index < -0.39 is 92.4 Å². The molecule has 6 N–H and O–H groups in total. The number of ether oxygens (including phenoxy) is 6. The molecule has 2 aliphatic rings. The van der Waals surface area contributed by atoms with Crippen molar-refractivity contribution in [3.8, 4) is 0 Å². The molecule has 25 nitrogen and oxygen atoms in total. The molecule has 2 unspecified atom stereocenters. The number of benzene rings is 5. The van der Waals surface area contributed by atoms with E-state index in [1.165, 1.54) is 37.4 Å². The predicted molar refractivity (Wildman–Crippen MR) is 377 cm³/mol. The van der Waals surface area contributed by atoms with E-state index >= 15 is 0 Å². The first-order valence-electron chi connectivity index (χ1n) is 32.2. The van der Waals surface area contributed by atoms with Gasteiger partial charge in [-0.25, -0.2) is 4.79 Å². The maximum atomic E-state index is 13.6. The van der Waals surface area contributed by atoms with E-state index in [1.54, 1.807) is 75.6 Å². The van der Waals surface area contributed by atoms with Crippen LogP contribution in [0.25, 0.3) is 0 Å². The molecule has 2 amide bonds. The third-order valence-corrected chi connectivity index (χ3v) is 22.7. The van der Waals surface area contributed by atoms with Crippen molar-refractivity contribution in [1.82, 2.24) is 10.6 Å². The third kappa shape index (κ3) is 23.0. The smallest absolute Gasteiger partial charge is 0.338 e. The number of nitrogens with zero attached hydrogens (tertiary/aromatic N) is 2. The van der Waals surface area contributed by atoms with E-state index in [1.807, 2.05) is 70.1 Å². The number of anilines is 1. The fourth-order valence-corrected chi connectivity index (χ4v) is 16.6. The molecule has 0 bridgehead atoms. The Balaban J connectivity index is 1.07. The summed E-state index contributed by atoms with van der Waals surface area (Å²) >= 11 is 0. The molecular formula is C69H88N4O21PS4+. The van der Waals surface area contributed by atoms with Gasteiger partial charge in [0.05, 0.1) is 98.8 Å². The number of carbonyl (C=O) groups is 3. The number of hydrogen-bond donors (Lipinski definition) is 6. The highest BCUT2D eigenvalue weighted by molar-refractivity contribution is 7.86. The highest BCUT2D eigenvalue weighted by atomic mass is 32.2. The monoisotopic (exact) mass is 1470 g/mol. The predicted octanol–water partition coefficient (Wildman–Crippen LogP) is 7.01. The van der Waals surface area contributed by atoms with E-state index in [0.717, 1.165) is 10.6 Å². The van der Waals surface area contributed by atoms with Crippen LogP contribution >= 0.6 is 7.92 Å². The number of unbranched alkanes of at least 4 members (excludes halogenated alkanes) is 2. The molecule has 99 heavy (non-hydrogen) atoms. The maximum Gasteiger partial charge on any atom is 0.338 e. The largest absolute Gasteiger partial charge is 0.465 e. The van der Waals surface area contributed by atoms with Crippen molar-refractivity contribution in [2.45, 2.75) is 85.8 Å². The lowest BCUT2D eigenvalue weighted by Crippen LogP contribution is -2.35. The molecule has 0 aliphatic carbocycles. The minimum absolute atomic E-state index is 0.0510. The Kier molecular flexibility index (Phi) is 29.8. The second-order valence-corrected chi connectivity index (χ2v) is 32.0. The number of amides is 2. The Morgan fingerprint density at radius 3 is 1.69 bits per heavy atom. The molecule has 538 valence electrons. The van der Waals surface area contributed by atoms with Gasteiger partial charge in [0.2, 0.25) is 11.6 Å². The molecule has 2 heterocycles. The lowest BCUT2D eigenvalue weighted by Gasteiger charge is -2.30. The van der Waals surface area contributed by atoms with Gasteiger partial charge >= 0.3 is 5.97 Å². The summed E-state index contributed by atoms with van der Waals surface area (Å²) < 4.78 is 173. The number of fused-ring (bicyclic) bond motifs is 2. The lowest BCUT2D eigenvalue weighted by molar-refractivity contribution is -0.438. The molecule has 0 spiro atoms. The molecule has 0 saturated carbocycles. The number of methoxy groups -OCH3 is 2. The van der Waals surface area contributed by atoms with E-state index in [-0.39, 0.29) is 77.5 Å². The molecule has 0 radical (unpaired) electrons. The summed E-state index contributed by atoms with van der Waals surface area (Å²) in [5.41, 5.74) is 1.60. The van der Waals surface area contributed by atoms with Crippen molar-refractivity contribution in [3.05, 3.63) is 174 Å². The first-order valence-corrected chi connectivity index (χ1v) is 39.6. The van der Waals surface area contributed by atoms with Crippen LogP contribution in [0.2, 0.25) is 0 Å². The standard InChI is InChI=1S/C69H87N4O21PS4/c1-68(32-17-47-96(77,78)79)58-50-55(98(83,84)85)27-30-60(58)72(36-16-8-15-25-65(74)70-34-35-71-66(75)52-26-29-57(67(76)90-4)62(49-52)95(53-19-9-5-10-20-53)54-21-11-6-12-22-54)63(68)23-13-7-14-24-64-69(2,33-18-48-97(80,81)82)59-51-56(99(86,87)88)28-31-61(59)73(64)37-38-91-41-42-93-45-46-94-44-43-92-40-39-89-3/h5-7,9-14,19-24,26-31,49-51H,8,15-18,25,32-48H2,1-4H3,(H5-,70,71,74,75,77,78,79,80,81,82,83,84,85,86,87,88)/p+1. The maximum absolute atomic E-state index is 13.6. The summed E-state index contributed by atoms with van der Waals surface area (Å²) in [5.74, 6) is -2.41. The molecule has 0 aromatic heterocycles. The topological polar surface area (TPSA) is 354 Å². The zero-order chi connectivity index (χ0) is 71.9. The van der Waals surface area contributed by atoms with Gasteiger partial charge in [0.25, 0.3) is 46.4 Å². The van der Waals surface area contributed by atoms with Crippen LogP contribution in [-0.4, -0.2) is 191 Å². The van der Waals surface area contributed by atoms with Gasteiger partial charge in [-0.05, 0) is 131 Å². The third-order valence-electron chi connectivity index (χ3n) is 16.9. The van der Waals surface area contributed by atoms with Gasteiger partial charge in [0, 0.05) is 85.0 Å². The van der Waals surface area contributed by atoms with Gasteiger partial charge in [-0.3, -0.25) is 27.8 Å². The van der Waals surface area contributed by atoms with Crippen LogP contribution < -0.4 is 31.4 Å². The van der Waals surface area contributed by atoms with Crippen LogP contribution in [0.5, 0.6) is 0 Å². The normalized spacial score (nSPS) is 16.9. The SMILES string of the molecule is COCCOCCOCCOCCOCCN1C(=CC=CC=CC2=[N+](CCCCCC(=O)NCCNC(=O)c3ccc(C(=O)OC)c(P(c4ccccc4)c4ccccc4)c3)c3ccc(S(=O)(=O)O)cc3C2(C)CCCS(=O)(=O)O)C(C)(CCCS(=O)(=O)O)c2cc(S(=O)(=O)O)ccc21. The lowest BCUT2D eigenvalue weighted by atomic mass is 9.76. The summed E-state index contributed by atoms with van der Waals surface area (Å²) in [7, 11) is -16.7. The first-order chi connectivity index (χ1) is 47.1. The average Bonchev–Trinajstić information content (AvgIpc) is 1.59. The highest BCUT2D eigenvalue weighted by Crippen LogP contribution is 2.51. The molecule has 2 atom stereocenters. The second kappa shape index (κ2) is 37.1. The average molecular weight is 1470 g/mol. The van der Waals surface area contributed by atoms with Crippen LogP contribution in [0, 0.1) is 0 Å². The molecule has 0 saturated heterocycles. The Morgan fingerprint density at radius 1 is 0.576 bits per heavy atom. The van der Waals surface area contributed by atoms with Crippen molar-refractivity contribution in [3.63, 3.8) is 0 Å². The number of esters is 1. The van der Waals surface area contributed by atoms with Crippen molar-refractivity contribution < 1.29 is 99.3 Å². The highest BCUT2D eigenvalue weighted by Gasteiger charge is 2.48. The summed E-state index contributed by atoms with van der Waals surface area (Å²) in [5, 5.41) is 8.30. The minimum atomic E-state index is -4.73. The summed E-state index contributed by atoms with van der Waals surface area (Å²) in [6, 6.07) is 32.5. The Hall–Kier alpha value is -6.93. The van der Waals surface area contributed by atoms with Crippen molar-refractivity contribution in [2.75, 3.05) is 116 Å². The zero-order valence-corrected chi connectivity index (χ0v) is 60.0. The molecule has 30 heteroatoms. The molecule has 2 aliphatic heterocycles. The van der Waals surface area contributed by atoms with Gasteiger partial charge < -0.3 is 44.0 Å². The Labute approximate surface area is 581 Å². The fourth-order valence-electron chi connectivity index (χ4n) is 12.0. The van der Waals surface area contributed by atoms with E-state index in [9.17, 15) is 66.3 Å². The summed E-state index contributed by atoms with van der Waals surface area (Å²) in [6.07, 6.45) is 10.3. The number of carbonyl (C=O) groups excluding carboxylic acids is 3. The Bertz CT molecular complexity index is 4160. The molecule has 0 fully saturated rings. The number of nitrogens with one attached hydrogen (secondary N) is 2. The van der Waals surface area contributed by atoms with Crippen LogP contribution in [0.1, 0.15) is 97.1 Å². The van der Waals surface area contributed by atoms with Gasteiger partial charge in [0.15, 0.2) is 5.71 Å². The molecule has 5 aromatic carbocycles. The number of rotatable bonds is 42.